The summed E-state index contributed by atoms with van der Waals surface area (Å²) in [7, 11) is 0. The summed E-state index contributed by atoms with van der Waals surface area (Å²) < 4.78 is 0. The van der Waals surface area contributed by atoms with E-state index >= 15 is 0 Å². The van der Waals surface area contributed by atoms with Crippen molar-refractivity contribution in [3.63, 3.8) is 0 Å². The third-order valence-electron chi connectivity index (χ3n) is 15.0. The first-order valence-corrected chi connectivity index (χ1v) is 25.5. The second-order valence-electron chi connectivity index (χ2n) is 19.1. The van der Waals surface area contributed by atoms with Gasteiger partial charge < -0.3 is 9.80 Å². The Morgan fingerprint density at radius 2 is 0.378 bits per heavy atom. The molecule has 0 unspecified atom stereocenters. The third-order valence-corrected chi connectivity index (χ3v) is 15.0. The number of hydrogen-bond acceptors (Lipinski definition) is 2. The fraction of sp³-hybridized carbons (Fsp3) is 0. The minimum atomic E-state index is 1.10. The van der Waals surface area contributed by atoms with Crippen LogP contribution in [0, 0.1) is 0 Å². The van der Waals surface area contributed by atoms with Gasteiger partial charge in [-0.25, -0.2) is 0 Å². The van der Waals surface area contributed by atoms with E-state index in [9.17, 15) is 0 Å². The lowest BCUT2D eigenvalue weighted by atomic mass is 9.91. The van der Waals surface area contributed by atoms with E-state index in [-0.39, 0.29) is 0 Å². The van der Waals surface area contributed by atoms with E-state index in [1.165, 1.54) is 98.0 Å². The maximum absolute atomic E-state index is 2.45. The van der Waals surface area contributed by atoms with Gasteiger partial charge in [-0.1, -0.05) is 243 Å². The minimum Gasteiger partial charge on any atom is -0.309 e. The number of rotatable bonds is 9. The predicted octanol–water partition coefficient (Wildman–Crippen LogP) is 20.5. The van der Waals surface area contributed by atoms with Gasteiger partial charge in [-0.3, -0.25) is 0 Å². The van der Waals surface area contributed by atoms with Gasteiger partial charge in [0.05, 0.1) is 22.7 Å². The van der Waals surface area contributed by atoms with Crippen LogP contribution in [0.4, 0.5) is 34.1 Å². The van der Waals surface area contributed by atoms with Gasteiger partial charge >= 0.3 is 0 Å². The number of hydrogen-bond donors (Lipinski definition) is 0. The molecule has 0 aliphatic carbocycles. The van der Waals surface area contributed by atoms with E-state index < -0.39 is 0 Å². The van der Waals surface area contributed by atoms with E-state index in [0.29, 0.717) is 0 Å². The standard InChI is InChI=1S/C72H48N2/c1-3-25-51(26-4-1)73(69-45-41-61(57-31-11-15-35-65(57)69)55-39-19-23-49-21-7-9-29-53(49)55)71-47-43-63(59-33-13-17-37-67(59)71)64-44-48-72(68-38-18-14-34-60(64)68)74(52-27-5-2-6-28-52)70-46-42-62(58-32-12-16-36-66(58)70)56-40-20-24-50-22-8-10-30-54(50)56/h1-48H. The summed E-state index contributed by atoms with van der Waals surface area (Å²) in [5.74, 6) is 0. The largest absolute Gasteiger partial charge is 0.309 e. The van der Waals surface area contributed by atoms with Gasteiger partial charge in [0.25, 0.3) is 0 Å². The van der Waals surface area contributed by atoms with Crippen LogP contribution in [-0.2, 0) is 0 Å². The van der Waals surface area contributed by atoms with Gasteiger partial charge in [-0.2, -0.15) is 0 Å². The van der Waals surface area contributed by atoms with E-state index in [4.69, 9.17) is 0 Å². The van der Waals surface area contributed by atoms with Crippen LogP contribution in [0.25, 0.3) is 98.0 Å². The number of benzene rings is 14. The fourth-order valence-corrected chi connectivity index (χ4v) is 11.7. The van der Waals surface area contributed by atoms with Crippen LogP contribution in [-0.4, -0.2) is 0 Å². The molecule has 0 heterocycles. The van der Waals surface area contributed by atoms with Gasteiger partial charge in [0.2, 0.25) is 0 Å². The molecule has 0 spiro atoms. The second-order valence-corrected chi connectivity index (χ2v) is 19.1. The summed E-state index contributed by atoms with van der Waals surface area (Å²) in [4.78, 5) is 4.91. The maximum atomic E-state index is 2.45. The molecule has 0 radical (unpaired) electrons. The quantitative estimate of drug-likeness (QED) is 0.142. The van der Waals surface area contributed by atoms with E-state index in [0.717, 1.165) is 34.1 Å². The summed E-state index contributed by atoms with van der Waals surface area (Å²) >= 11 is 0. The SMILES string of the molecule is c1ccc(N(c2ccc(-c3cccc4ccccc34)c3ccccc23)c2ccc(-c3ccc(N(c4ccccc4)c4ccc(-c5cccc6ccccc56)c5ccccc45)c4ccccc34)c3ccccc23)cc1. The van der Waals surface area contributed by atoms with Gasteiger partial charge in [0.15, 0.2) is 0 Å². The van der Waals surface area contributed by atoms with E-state index in [1.807, 2.05) is 0 Å². The van der Waals surface area contributed by atoms with Crippen LogP contribution >= 0.6 is 0 Å². The number of anilines is 6. The van der Waals surface area contributed by atoms with Crippen LogP contribution < -0.4 is 9.80 Å². The zero-order chi connectivity index (χ0) is 49.0. The molecule has 14 aromatic rings. The first kappa shape index (κ1) is 43.1. The van der Waals surface area contributed by atoms with Gasteiger partial charge in [-0.05, 0) is 125 Å². The van der Waals surface area contributed by atoms with Crippen LogP contribution in [0.3, 0.4) is 0 Å². The molecule has 0 aromatic heterocycles. The Morgan fingerprint density at radius 1 is 0.149 bits per heavy atom. The molecular weight excluding hydrogens is 893 g/mol. The van der Waals surface area contributed by atoms with Crippen molar-refractivity contribution in [1.29, 1.82) is 0 Å². The normalized spacial score (nSPS) is 11.5. The lowest BCUT2D eigenvalue weighted by Crippen LogP contribution is -2.12. The molecule has 2 heteroatoms. The van der Waals surface area contributed by atoms with Crippen LogP contribution in [0.5, 0.6) is 0 Å². The highest BCUT2D eigenvalue weighted by molar-refractivity contribution is 6.17. The molecule has 0 saturated heterocycles. The molecule has 0 bridgehead atoms. The molecule has 0 aliphatic rings. The number of nitrogens with zero attached hydrogens (tertiary/aromatic N) is 2. The Labute approximate surface area is 430 Å². The Morgan fingerprint density at radius 3 is 0.689 bits per heavy atom. The smallest absolute Gasteiger partial charge is 0.0540 e. The first-order valence-electron chi connectivity index (χ1n) is 25.5. The molecular formula is C72H48N2. The minimum absolute atomic E-state index is 1.10. The Bertz CT molecular complexity index is 4150. The molecule has 2 nitrogen and oxygen atoms in total. The fourth-order valence-electron chi connectivity index (χ4n) is 11.7. The molecule has 346 valence electrons. The molecule has 74 heavy (non-hydrogen) atoms. The first-order chi connectivity index (χ1) is 36.8. The van der Waals surface area contributed by atoms with Crippen molar-refractivity contribution in [1.82, 2.24) is 0 Å². The van der Waals surface area contributed by atoms with Gasteiger partial charge in [-0.15, -0.1) is 0 Å². The Hall–Kier alpha value is -9.76. The Kier molecular flexibility index (Phi) is 10.6. The third kappa shape index (κ3) is 7.19. The molecule has 0 atom stereocenters. The molecule has 14 rings (SSSR count). The van der Waals surface area contributed by atoms with Crippen LogP contribution in [0.15, 0.2) is 291 Å². The Balaban J connectivity index is 0.936. The van der Waals surface area contributed by atoms with Crippen LogP contribution in [0.2, 0.25) is 0 Å². The van der Waals surface area contributed by atoms with E-state index in [2.05, 4.69) is 301 Å². The zero-order valence-electron chi connectivity index (χ0n) is 40.6. The summed E-state index contributed by atoms with van der Waals surface area (Å²) in [6, 6.07) is 107. The molecule has 0 amide bonds. The van der Waals surface area contributed by atoms with Crippen molar-refractivity contribution in [3.8, 4) is 33.4 Å². The highest BCUT2D eigenvalue weighted by Gasteiger charge is 2.24. The van der Waals surface area contributed by atoms with Crippen molar-refractivity contribution >= 4 is 98.8 Å². The highest BCUT2D eigenvalue weighted by atomic mass is 15.2. The zero-order valence-corrected chi connectivity index (χ0v) is 40.6. The molecule has 0 saturated carbocycles. The number of para-hydroxylation sites is 2. The molecule has 0 fully saturated rings. The number of fused-ring (bicyclic) bond motifs is 6. The molecule has 14 aromatic carbocycles. The average Bonchev–Trinajstić information content (AvgIpc) is 3.48. The van der Waals surface area contributed by atoms with Gasteiger partial charge in [0.1, 0.15) is 0 Å². The van der Waals surface area contributed by atoms with Crippen molar-refractivity contribution in [2.45, 2.75) is 0 Å². The highest BCUT2D eigenvalue weighted by Crippen LogP contribution is 2.50. The van der Waals surface area contributed by atoms with Crippen molar-refractivity contribution in [2.75, 3.05) is 9.80 Å². The lowest BCUT2D eigenvalue weighted by Gasteiger charge is -2.30. The topological polar surface area (TPSA) is 6.48 Å². The summed E-state index contributed by atoms with van der Waals surface area (Å²) in [6.45, 7) is 0. The second kappa shape index (κ2) is 18.1. The van der Waals surface area contributed by atoms with Gasteiger partial charge in [0, 0.05) is 32.9 Å². The average molecular weight is 941 g/mol. The molecule has 0 aliphatic heterocycles. The maximum Gasteiger partial charge on any atom is 0.0540 e. The predicted molar refractivity (Wildman–Crippen MR) is 317 cm³/mol. The van der Waals surface area contributed by atoms with Crippen molar-refractivity contribution < 1.29 is 0 Å². The lowest BCUT2D eigenvalue weighted by molar-refractivity contribution is 1.31. The van der Waals surface area contributed by atoms with E-state index in [1.54, 1.807) is 0 Å². The van der Waals surface area contributed by atoms with Crippen molar-refractivity contribution in [2.24, 2.45) is 0 Å². The summed E-state index contributed by atoms with van der Waals surface area (Å²) in [5, 5.41) is 14.5. The summed E-state index contributed by atoms with van der Waals surface area (Å²) in [6.07, 6.45) is 0. The van der Waals surface area contributed by atoms with Crippen LogP contribution in [0.1, 0.15) is 0 Å². The monoisotopic (exact) mass is 940 g/mol. The molecule has 0 N–H and O–H groups in total. The summed E-state index contributed by atoms with van der Waals surface area (Å²) in [5.41, 5.74) is 14.0. The van der Waals surface area contributed by atoms with Crippen molar-refractivity contribution in [3.05, 3.63) is 291 Å².